The number of rotatable bonds is 6. The highest BCUT2D eigenvalue weighted by Gasteiger charge is 2.10. The topological polar surface area (TPSA) is 47.3 Å². The van der Waals surface area contributed by atoms with Crippen LogP contribution in [0.25, 0.3) is 11.3 Å². The van der Waals surface area contributed by atoms with Crippen LogP contribution < -0.4 is 5.32 Å². The molecule has 0 saturated heterocycles. The largest absolute Gasteiger partial charge is 0.443 e. The lowest BCUT2D eigenvalue weighted by atomic mass is 10.1. The number of aromatic nitrogens is 1. The van der Waals surface area contributed by atoms with Gasteiger partial charge in [0, 0.05) is 25.8 Å². The molecule has 0 saturated carbocycles. The van der Waals surface area contributed by atoms with Crippen LogP contribution in [0.5, 0.6) is 0 Å². The third kappa shape index (κ3) is 3.15. The molecule has 2 rings (SSSR count). The van der Waals surface area contributed by atoms with Crippen molar-refractivity contribution < 1.29 is 13.5 Å². The van der Waals surface area contributed by atoms with Gasteiger partial charge in [0.15, 0.2) is 12.2 Å². The molecular formula is C13H15FN2O2. The maximum absolute atomic E-state index is 13.1. The van der Waals surface area contributed by atoms with E-state index in [1.165, 1.54) is 18.5 Å². The summed E-state index contributed by atoms with van der Waals surface area (Å²) in [6, 6.07) is 6.27. The average Bonchev–Trinajstić information content (AvgIpc) is 2.83. The van der Waals surface area contributed by atoms with Gasteiger partial charge in [-0.1, -0.05) is 12.1 Å². The van der Waals surface area contributed by atoms with E-state index < -0.39 is 0 Å². The molecule has 2 aromatic rings. The summed E-state index contributed by atoms with van der Waals surface area (Å²) in [6.07, 6.45) is 1.37. The van der Waals surface area contributed by atoms with Crippen LogP contribution >= 0.6 is 0 Å². The summed E-state index contributed by atoms with van der Waals surface area (Å²) in [5.41, 5.74) is 1.45. The fourth-order valence-corrected chi connectivity index (χ4v) is 1.64. The number of methoxy groups -OCH3 is 1. The summed E-state index contributed by atoms with van der Waals surface area (Å²) in [5, 5.41) is 3.17. The number of halogens is 1. The number of ether oxygens (including phenoxy) is 1. The smallest absolute Gasteiger partial charge is 0.181 e. The lowest BCUT2D eigenvalue weighted by molar-refractivity contribution is 0.199. The molecule has 1 heterocycles. The second-order valence-electron chi connectivity index (χ2n) is 3.81. The number of benzene rings is 1. The van der Waals surface area contributed by atoms with E-state index in [9.17, 15) is 4.39 Å². The van der Waals surface area contributed by atoms with Crippen molar-refractivity contribution in [1.82, 2.24) is 10.3 Å². The third-order valence-electron chi connectivity index (χ3n) is 2.50. The quantitative estimate of drug-likeness (QED) is 0.798. The minimum atomic E-state index is -0.290. The zero-order valence-electron chi connectivity index (χ0n) is 10.1. The first-order chi connectivity index (χ1) is 8.81. The van der Waals surface area contributed by atoms with Gasteiger partial charge in [-0.2, -0.15) is 0 Å². The second-order valence-corrected chi connectivity index (χ2v) is 3.81. The van der Waals surface area contributed by atoms with Gasteiger partial charge in [-0.05, 0) is 12.1 Å². The Bertz CT molecular complexity index is 499. The van der Waals surface area contributed by atoms with Crippen molar-refractivity contribution >= 4 is 0 Å². The number of nitrogens with one attached hydrogen (secondary N) is 1. The van der Waals surface area contributed by atoms with E-state index in [0.717, 1.165) is 12.2 Å². The maximum Gasteiger partial charge on any atom is 0.181 e. The third-order valence-corrected chi connectivity index (χ3v) is 2.50. The van der Waals surface area contributed by atoms with E-state index in [-0.39, 0.29) is 5.82 Å². The summed E-state index contributed by atoms with van der Waals surface area (Å²) < 4.78 is 23.4. The molecule has 4 nitrogen and oxygen atoms in total. The lowest BCUT2D eigenvalue weighted by Gasteiger charge is -2.03. The number of hydrogen-bond donors (Lipinski definition) is 1. The van der Waals surface area contributed by atoms with Crippen molar-refractivity contribution in [2.45, 2.75) is 6.54 Å². The highest BCUT2D eigenvalue weighted by Crippen LogP contribution is 2.23. The Morgan fingerprint density at radius 1 is 1.44 bits per heavy atom. The van der Waals surface area contributed by atoms with Crippen LogP contribution in [0.3, 0.4) is 0 Å². The zero-order chi connectivity index (χ0) is 12.8. The van der Waals surface area contributed by atoms with Crippen molar-refractivity contribution in [2.75, 3.05) is 20.3 Å². The molecule has 1 N–H and O–H groups in total. The molecule has 1 aromatic heterocycles. The van der Waals surface area contributed by atoms with E-state index in [1.807, 2.05) is 0 Å². The van der Waals surface area contributed by atoms with Gasteiger partial charge in [0.05, 0.1) is 6.61 Å². The summed E-state index contributed by atoms with van der Waals surface area (Å²) >= 11 is 0. The maximum atomic E-state index is 13.1. The molecule has 96 valence electrons. The Balaban J connectivity index is 2.08. The van der Waals surface area contributed by atoms with Crippen LogP contribution in [-0.2, 0) is 11.3 Å². The van der Waals surface area contributed by atoms with Crippen molar-refractivity contribution in [1.29, 1.82) is 0 Å². The fourth-order valence-electron chi connectivity index (χ4n) is 1.64. The number of oxazole rings is 1. The molecule has 0 aliphatic heterocycles. The van der Waals surface area contributed by atoms with Crippen LogP contribution in [0.15, 0.2) is 35.1 Å². The van der Waals surface area contributed by atoms with Gasteiger partial charge in [-0.3, -0.25) is 0 Å². The highest BCUT2D eigenvalue weighted by molar-refractivity contribution is 5.59. The van der Waals surface area contributed by atoms with Crippen molar-refractivity contribution in [3.05, 3.63) is 42.2 Å². The Morgan fingerprint density at radius 2 is 2.33 bits per heavy atom. The van der Waals surface area contributed by atoms with Crippen molar-refractivity contribution in [3.8, 4) is 11.3 Å². The van der Waals surface area contributed by atoms with Gasteiger partial charge in [-0.15, -0.1) is 0 Å². The lowest BCUT2D eigenvalue weighted by Crippen LogP contribution is -2.19. The first kappa shape index (κ1) is 12.7. The summed E-state index contributed by atoms with van der Waals surface area (Å²) in [5.74, 6) is 0.307. The van der Waals surface area contributed by atoms with Crippen LogP contribution in [-0.4, -0.2) is 25.2 Å². The minimum Gasteiger partial charge on any atom is -0.443 e. The molecule has 0 spiro atoms. The van der Waals surface area contributed by atoms with Crippen LogP contribution in [0.2, 0.25) is 0 Å². The molecule has 0 unspecified atom stereocenters. The number of hydrogen-bond acceptors (Lipinski definition) is 4. The summed E-state index contributed by atoms with van der Waals surface area (Å²) in [7, 11) is 1.65. The van der Waals surface area contributed by atoms with Gasteiger partial charge in [0.2, 0.25) is 0 Å². The second kappa shape index (κ2) is 6.28. The van der Waals surface area contributed by atoms with E-state index in [2.05, 4.69) is 10.3 Å². The summed E-state index contributed by atoms with van der Waals surface area (Å²) in [4.78, 5) is 4.13. The van der Waals surface area contributed by atoms with Crippen LogP contribution in [0.4, 0.5) is 4.39 Å². The van der Waals surface area contributed by atoms with Gasteiger partial charge in [0.1, 0.15) is 11.5 Å². The van der Waals surface area contributed by atoms with E-state index in [1.54, 1.807) is 19.2 Å². The number of nitrogens with zero attached hydrogens (tertiary/aromatic N) is 1. The van der Waals surface area contributed by atoms with E-state index in [0.29, 0.717) is 24.5 Å². The molecule has 0 aliphatic carbocycles. The Kier molecular flexibility index (Phi) is 4.44. The molecule has 5 heteroatoms. The average molecular weight is 250 g/mol. The Hall–Kier alpha value is -1.72. The highest BCUT2D eigenvalue weighted by atomic mass is 19.1. The minimum absolute atomic E-state index is 0.290. The molecule has 0 amide bonds. The SMILES string of the molecule is COCCNCc1ncoc1-c1cccc(F)c1. The fraction of sp³-hybridized carbons (Fsp3) is 0.308. The molecule has 1 aromatic carbocycles. The molecular weight excluding hydrogens is 235 g/mol. The monoisotopic (exact) mass is 250 g/mol. The molecule has 0 fully saturated rings. The molecule has 0 aliphatic rings. The summed E-state index contributed by atoms with van der Waals surface area (Å²) in [6.45, 7) is 1.92. The van der Waals surface area contributed by atoms with Gasteiger partial charge in [0.25, 0.3) is 0 Å². The zero-order valence-corrected chi connectivity index (χ0v) is 10.1. The standard InChI is InChI=1S/C13H15FN2O2/c1-17-6-5-15-8-12-13(18-9-16-12)10-3-2-4-11(14)7-10/h2-4,7,9,15H,5-6,8H2,1H3. The predicted molar refractivity (Wildman–Crippen MR) is 65.5 cm³/mol. The first-order valence-corrected chi connectivity index (χ1v) is 5.69. The normalized spacial score (nSPS) is 10.8. The van der Waals surface area contributed by atoms with Gasteiger partial charge < -0.3 is 14.5 Å². The van der Waals surface area contributed by atoms with Gasteiger partial charge >= 0.3 is 0 Å². The van der Waals surface area contributed by atoms with Crippen LogP contribution in [0, 0.1) is 5.82 Å². The van der Waals surface area contributed by atoms with E-state index >= 15 is 0 Å². The van der Waals surface area contributed by atoms with E-state index in [4.69, 9.17) is 9.15 Å². The first-order valence-electron chi connectivity index (χ1n) is 5.69. The molecule has 0 atom stereocenters. The molecule has 18 heavy (non-hydrogen) atoms. The Labute approximate surface area is 105 Å². The van der Waals surface area contributed by atoms with Crippen LogP contribution in [0.1, 0.15) is 5.69 Å². The molecule has 0 bridgehead atoms. The Morgan fingerprint density at radius 3 is 3.11 bits per heavy atom. The van der Waals surface area contributed by atoms with Crippen molar-refractivity contribution in [2.24, 2.45) is 0 Å². The van der Waals surface area contributed by atoms with Gasteiger partial charge in [-0.25, -0.2) is 9.37 Å². The predicted octanol–water partition coefficient (Wildman–Crippen LogP) is 2.22. The molecule has 0 radical (unpaired) electrons. The van der Waals surface area contributed by atoms with Crippen molar-refractivity contribution in [3.63, 3.8) is 0 Å².